The molecule has 2 aliphatic rings. The van der Waals surface area contributed by atoms with E-state index in [0.29, 0.717) is 17.7 Å². The van der Waals surface area contributed by atoms with Gasteiger partial charge in [0.25, 0.3) is 11.8 Å². The number of amides is 3. The molecule has 2 heterocycles. The lowest BCUT2D eigenvalue weighted by Gasteiger charge is -2.29. The minimum Gasteiger partial charge on any atom is -0.315 e. The highest BCUT2D eigenvalue weighted by molar-refractivity contribution is 8.01. The Morgan fingerprint density at radius 1 is 1.30 bits per heavy atom. The van der Waals surface area contributed by atoms with Crippen LogP contribution in [0.2, 0.25) is 0 Å². The van der Waals surface area contributed by atoms with Crippen LogP contribution in [0.1, 0.15) is 35.7 Å². The van der Waals surface area contributed by atoms with Gasteiger partial charge in [-0.15, -0.1) is 11.8 Å². The Hall–Kier alpha value is -2.02. The summed E-state index contributed by atoms with van der Waals surface area (Å²) in [4.78, 5) is 37.9. The van der Waals surface area contributed by atoms with Gasteiger partial charge in [0, 0.05) is 17.7 Å². The highest BCUT2D eigenvalue weighted by Crippen LogP contribution is 2.47. The maximum atomic E-state index is 12.4. The van der Waals surface area contributed by atoms with Gasteiger partial charge in [-0.25, -0.2) is 0 Å². The van der Waals surface area contributed by atoms with Gasteiger partial charge in [0.15, 0.2) is 0 Å². The summed E-state index contributed by atoms with van der Waals surface area (Å²) in [7, 11) is 0. The number of hydrogen-bond acceptors (Lipinski definition) is 4. The number of hydrazine groups is 1. The molecule has 2 saturated heterocycles. The number of nitrogens with zero attached hydrogens (tertiary/aromatic N) is 1. The maximum absolute atomic E-state index is 12.4. The zero-order valence-electron chi connectivity index (χ0n) is 13.1. The van der Waals surface area contributed by atoms with E-state index in [1.807, 2.05) is 26.0 Å². The van der Waals surface area contributed by atoms with Gasteiger partial charge in [-0.3, -0.25) is 25.2 Å². The van der Waals surface area contributed by atoms with Crippen molar-refractivity contribution in [1.29, 1.82) is 0 Å². The van der Waals surface area contributed by atoms with E-state index in [1.165, 1.54) is 0 Å². The zero-order chi connectivity index (χ0) is 16.6. The number of carbonyl (C=O) groups excluding carboxylic acids is 3. The molecule has 122 valence electrons. The van der Waals surface area contributed by atoms with Crippen LogP contribution in [0.25, 0.3) is 0 Å². The van der Waals surface area contributed by atoms with Crippen molar-refractivity contribution in [3.63, 3.8) is 0 Å². The molecule has 0 radical (unpaired) electrons. The monoisotopic (exact) mass is 333 g/mol. The average Bonchev–Trinajstić information content (AvgIpc) is 3.02. The molecule has 2 fully saturated rings. The molecule has 2 N–H and O–H groups in total. The number of nitrogens with one attached hydrogen (secondary N) is 2. The molecule has 7 heteroatoms. The van der Waals surface area contributed by atoms with E-state index in [9.17, 15) is 14.4 Å². The molecule has 6 nitrogen and oxygen atoms in total. The third-order valence-electron chi connectivity index (χ3n) is 4.44. The fourth-order valence-corrected chi connectivity index (χ4v) is 4.54. The number of fused-ring (bicyclic) bond motifs is 1. The van der Waals surface area contributed by atoms with Gasteiger partial charge >= 0.3 is 0 Å². The van der Waals surface area contributed by atoms with Crippen LogP contribution in [0.15, 0.2) is 24.3 Å². The summed E-state index contributed by atoms with van der Waals surface area (Å²) in [5, 5.41) is 0. The molecule has 3 rings (SSSR count). The van der Waals surface area contributed by atoms with Gasteiger partial charge in [0.1, 0.15) is 6.04 Å². The Morgan fingerprint density at radius 3 is 2.78 bits per heavy atom. The standard InChI is InChI=1S/C16H19N3O3S/c1-10-5-3-4-6-11(10)14(21)17-18-15(22)12-9-23-16(2)8-7-13(20)19(12)16/h3-6,12H,7-9H2,1-2H3,(H,17,21)(H,18,22)/t12-,16-/m1/s1. The van der Waals surface area contributed by atoms with Gasteiger partial charge in [0.05, 0.1) is 4.87 Å². The quantitative estimate of drug-likeness (QED) is 0.798. The van der Waals surface area contributed by atoms with Gasteiger partial charge in [-0.05, 0) is 31.9 Å². The van der Waals surface area contributed by atoms with Crippen LogP contribution in [0.3, 0.4) is 0 Å². The predicted molar refractivity (Wildman–Crippen MR) is 87.5 cm³/mol. The molecule has 0 saturated carbocycles. The SMILES string of the molecule is Cc1ccccc1C(=O)NNC(=O)[C@H]1CS[C@]2(C)CCC(=O)N12. The fraction of sp³-hybridized carbons (Fsp3) is 0.438. The molecule has 3 amide bonds. The number of carbonyl (C=O) groups is 3. The van der Waals surface area contributed by atoms with E-state index in [-0.39, 0.29) is 22.6 Å². The van der Waals surface area contributed by atoms with Crippen LogP contribution in [-0.4, -0.2) is 39.3 Å². The first-order valence-corrected chi connectivity index (χ1v) is 8.53. The van der Waals surface area contributed by atoms with Gasteiger partial charge < -0.3 is 4.90 Å². The topological polar surface area (TPSA) is 78.5 Å². The highest BCUT2D eigenvalue weighted by Gasteiger charge is 2.52. The number of hydrogen-bond donors (Lipinski definition) is 2. The van der Waals surface area contributed by atoms with Gasteiger partial charge in [-0.1, -0.05) is 18.2 Å². The van der Waals surface area contributed by atoms with Crippen molar-refractivity contribution in [2.45, 2.75) is 37.6 Å². The van der Waals surface area contributed by atoms with E-state index in [4.69, 9.17) is 0 Å². The second kappa shape index (κ2) is 5.88. The third-order valence-corrected chi connectivity index (χ3v) is 5.94. The van der Waals surface area contributed by atoms with Crippen LogP contribution >= 0.6 is 11.8 Å². The summed E-state index contributed by atoms with van der Waals surface area (Å²) in [6, 6.07) is 6.62. The van der Waals surface area contributed by atoms with Crippen LogP contribution in [-0.2, 0) is 9.59 Å². The normalized spacial score (nSPS) is 26.1. The van der Waals surface area contributed by atoms with Crippen LogP contribution in [0.5, 0.6) is 0 Å². The molecule has 2 atom stereocenters. The summed E-state index contributed by atoms with van der Waals surface area (Å²) < 4.78 is 0. The molecule has 0 spiro atoms. The molecule has 1 aromatic carbocycles. The molecular formula is C16H19N3O3S. The predicted octanol–water partition coefficient (Wildman–Crippen LogP) is 1.21. The van der Waals surface area contributed by atoms with Crippen molar-refractivity contribution < 1.29 is 14.4 Å². The fourth-order valence-electron chi connectivity index (χ4n) is 3.11. The van der Waals surface area contributed by atoms with Gasteiger partial charge in [0.2, 0.25) is 5.91 Å². The second-order valence-electron chi connectivity index (χ2n) is 6.02. The zero-order valence-corrected chi connectivity index (χ0v) is 13.9. The molecular weight excluding hydrogens is 314 g/mol. The molecule has 23 heavy (non-hydrogen) atoms. The Balaban J connectivity index is 1.63. The Labute approximate surface area is 139 Å². The van der Waals surface area contributed by atoms with Gasteiger partial charge in [-0.2, -0.15) is 0 Å². The van der Waals surface area contributed by atoms with Crippen molar-refractivity contribution in [3.8, 4) is 0 Å². The lowest BCUT2D eigenvalue weighted by atomic mass is 10.1. The number of aryl methyl sites for hydroxylation is 1. The Bertz CT molecular complexity index is 678. The minimum absolute atomic E-state index is 0.00267. The van der Waals surface area contributed by atoms with Crippen molar-refractivity contribution in [3.05, 3.63) is 35.4 Å². The number of rotatable bonds is 2. The summed E-state index contributed by atoms with van der Waals surface area (Å²) in [5.74, 6) is -0.159. The average molecular weight is 333 g/mol. The minimum atomic E-state index is -0.530. The molecule has 0 aliphatic carbocycles. The van der Waals surface area contributed by atoms with E-state index in [1.54, 1.807) is 28.8 Å². The first-order chi connectivity index (χ1) is 10.9. The first-order valence-electron chi connectivity index (χ1n) is 7.54. The van der Waals surface area contributed by atoms with E-state index in [0.717, 1.165) is 12.0 Å². The molecule has 0 bridgehead atoms. The lowest BCUT2D eigenvalue weighted by Crippen LogP contribution is -2.54. The maximum Gasteiger partial charge on any atom is 0.269 e. The van der Waals surface area contributed by atoms with E-state index in [2.05, 4.69) is 10.9 Å². The Morgan fingerprint density at radius 2 is 2.04 bits per heavy atom. The summed E-state index contributed by atoms with van der Waals surface area (Å²) in [6.45, 7) is 3.82. The molecule has 2 aliphatic heterocycles. The Kier molecular flexibility index (Phi) is 4.06. The largest absolute Gasteiger partial charge is 0.315 e. The van der Waals surface area contributed by atoms with Crippen molar-refractivity contribution in [1.82, 2.24) is 15.8 Å². The summed E-state index contributed by atoms with van der Waals surface area (Å²) in [5.41, 5.74) is 6.23. The van der Waals surface area contributed by atoms with Crippen LogP contribution in [0.4, 0.5) is 0 Å². The van der Waals surface area contributed by atoms with Crippen LogP contribution < -0.4 is 10.9 Å². The van der Waals surface area contributed by atoms with Crippen molar-refractivity contribution >= 4 is 29.5 Å². The van der Waals surface area contributed by atoms with Crippen molar-refractivity contribution in [2.24, 2.45) is 0 Å². The molecule has 0 aromatic heterocycles. The summed E-state index contributed by atoms with van der Waals surface area (Å²) in [6.07, 6.45) is 1.23. The first kappa shape index (κ1) is 15.9. The molecule has 0 unspecified atom stereocenters. The number of benzene rings is 1. The smallest absolute Gasteiger partial charge is 0.269 e. The number of thioether (sulfide) groups is 1. The third kappa shape index (κ3) is 2.81. The summed E-state index contributed by atoms with van der Waals surface area (Å²) >= 11 is 1.62. The van der Waals surface area contributed by atoms with E-state index >= 15 is 0 Å². The lowest BCUT2D eigenvalue weighted by molar-refractivity contribution is -0.138. The highest BCUT2D eigenvalue weighted by atomic mass is 32.2. The second-order valence-corrected chi connectivity index (χ2v) is 7.53. The van der Waals surface area contributed by atoms with Crippen molar-refractivity contribution in [2.75, 3.05) is 5.75 Å². The van der Waals surface area contributed by atoms with Crippen LogP contribution in [0, 0.1) is 6.92 Å². The van der Waals surface area contributed by atoms with E-state index < -0.39 is 6.04 Å². The molecule has 1 aromatic rings.